The highest BCUT2D eigenvalue weighted by atomic mass is 16.4. The van der Waals surface area contributed by atoms with Crippen LogP contribution in [-0.4, -0.2) is 54.9 Å². The molecule has 3 heterocycles. The van der Waals surface area contributed by atoms with Crippen molar-refractivity contribution in [3.8, 4) is 0 Å². The molecule has 0 unspecified atom stereocenters. The maximum absolute atomic E-state index is 12.8. The van der Waals surface area contributed by atoms with Crippen molar-refractivity contribution in [1.29, 1.82) is 0 Å². The van der Waals surface area contributed by atoms with Gasteiger partial charge in [-0.1, -0.05) is 20.8 Å². The third-order valence-corrected chi connectivity index (χ3v) is 5.61. The first-order valence-electron chi connectivity index (χ1n) is 10.6. The third kappa shape index (κ3) is 4.32. The first kappa shape index (κ1) is 22.2. The Morgan fingerprint density at radius 1 is 1.23 bits per heavy atom. The quantitative estimate of drug-likeness (QED) is 0.826. The van der Waals surface area contributed by atoms with Gasteiger partial charge in [0.2, 0.25) is 0 Å². The molecule has 0 spiro atoms. The number of amides is 1. The van der Waals surface area contributed by atoms with E-state index >= 15 is 0 Å². The second kappa shape index (κ2) is 7.63. The molecule has 8 heteroatoms. The number of imidazole rings is 1. The molecule has 3 rings (SSSR count). The summed E-state index contributed by atoms with van der Waals surface area (Å²) >= 11 is 0. The molecular weight excluding hydrogens is 382 g/mol. The van der Waals surface area contributed by atoms with E-state index in [9.17, 15) is 14.7 Å². The first-order valence-corrected chi connectivity index (χ1v) is 10.6. The van der Waals surface area contributed by atoms with Gasteiger partial charge < -0.3 is 10.0 Å². The fourth-order valence-electron chi connectivity index (χ4n) is 4.43. The zero-order valence-corrected chi connectivity index (χ0v) is 19.3. The number of rotatable bonds is 3. The molecular formula is C22H35N5O3. The molecule has 30 heavy (non-hydrogen) atoms. The van der Waals surface area contributed by atoms with Crippen LogP contribution in [0.15, 0.2) is 16.9 Å². The third-order valence-electron chi connectivity index (χ3n) is 5.61. The Morgan fingerprint density at radius 2 is 1.90 bits per heavy atom. The first-order chi connectivity index (χ1) is 13.8. The van der Waals surface area contributed by atoms with Gasteiger partial charge >= 0.3 is 11.8 Å². The zero-order chi connectivity index (χ0) is 22.4. The van der Waals surface area contributed by atoms with Gasteiger partial charge in [-0.2, -0.15) is 0 Å². The van der Waals surface area contributed by atoms with Gasteiger partial charge in [0.25, 0.3) is 0 Å². The van der Waals surface area contributed by atoms with Crippen molar-refractivity contribution in [3.63, 3.8) is 0 Å². The molecule has 8 nitrogen and oxygen atoms in total. The van der Waals surface area contributed by atoms with Crippen molar-refractivity contribution in [2.45, 2.75) is 72.5 Å². The topological polar surface area (TPSA) is 83.6 Å². The highest BCUT2D eigenvalue weighted by molar-refractivity contribution is 5.74. The number of fused-ring (bicyclic) bond motifs is 1. The summed E-state index contributed by atoms with van der Waals surface area (Å²) in [5.74, 6) is 0.787. The van der Waals surface area contributed by atoms with E-state index < -0.39 is 11.6 Å². The van der Waals surface area contributed by atoms with Crippen LogP contribution in [0.5, 0.6) is 0 Å². The second-order valence-corrected chi connectivity index (χ2v) is 10.6. The zero-order valence-electron chi connectivity index (χ0n) is 19.3. The molecule has 0 saturated carbocycles. The van der Waals surface area contributed by atoms with Gasteiger partial charge in [-0.15, -0.1) is 0 Å². The number of aromatic nitrogens is 3. The van der Waals surface area contributed by atoms with Crippen LogP contribution in [0, 0.1) is 5.41 Å². The minimum absolute atomic E-state index is 0.0237. The highest BCUT2D eigenvalue weighted by Gasteiger charge is 2.36. The van der Waals surface area contributed by atoms with Crippen LogP contribution in [0.3, 0.4) is 0 Å². The number of piperidine rings is 1. The molecule has 166 valence electrons. The molecule has 1 fully saturated rings. The summed E-state index contributed by atoms with van der Waals surface area (Å²) in [6.45, 7) is 14.2. The molecule has 0 radical (unpaired) electrons. The van der Waals surface area contributed by atoms with Crippen LogP contribution >= 0.6 is 0 Å². The van der Waals surface area contributed by atoms with Crippen LogP contribution in [0.25, 0.3) is 11.2 Å². The molecule has 1 aliphatic rings. The number of anilines is 1. The van der Waals surface area contributed by atoms with Gasteiger partial charge in [-0.05, 0) is 51.2 Å². The van der Waals surface area contributed by atoms with E-state index in [0.717, 1.165) is 30.7 Å². The lowest BCUT2D eigenvalue weighted by Gasteiger charge is -2.44. The maximum atomic E-state index is 12.8. The molecule has 0 aliphatic carbocycles. The van der Waals surface area contributed by atoms with Gasteiger partial charge in [0.05, 0.1) is 11.6 Å². The largest absolute Gasteiger partial charge is 0.465 e. The van der Waals surface area contributed by atoms with Crippen LogP contribution in [0.4, 0.5) is 10.6 Å². The van der Waals surface area contributed by atoms with E-state index in [1.165, 1.54) is 0 Å². The average Bonchev–Trinajstić information content (AvgIpc) is 2.84. The number of pyridine rings is 1. The van der Waals surface area contributed by atoms with Gasteiger partial charge in [0, 0.05) is 32.2 Å². The molecule has 2 aromatic heterocycles. The van der Waals surface area contributed by atoms with E-state index in [1.54, 1.807) is 21.1 Å². The van der Waals surface area contributed by atoms with Crippen LogP contribution in [0.1, 0.15) is 54.4 Å². The summed E-state index contributed by atoms with van der Waals surface area (Å²) in [6.07, 6.45) is 0.844. The number of carboxylic acid groups (broad SMARTS) is 1. The van der Waals surface area contributed by atoms with Crippen molar-refractivity contribution >= 4 is 23.1 Å². The number of carbonyl (C=O) groups is 1. The fraction of sp³-hybridized carbons (Fsp3) is 0.682. The second-order valence-electron chi connectivity index (χ2n) is 10.6. The Morgan fingerprint density at radius 3 is 2.47 bits per heavy atom. The van der Waals surface area contributed by atoms with E-state index in [1.807, 2.05) is 32.9 Å². The summed E-state index contributed by atoms with van der Waals surface area (Å²) < 4.78 is 3.39. The van der Waals surface area contributed by atoms with Crippen molar-refractivity contribution in [3.05, 3.63) is 22.6 Å². The van der Waals surface area contributed by atoms with Crippen molar-refractivity contribution in [1.82, 2.24) is 19.0 Å². The lowest BCUT2D eigenvalue weighted by molar-refractivity contribution is 0.0647. The minimum atomic E-state index is -0.889. The predicted molar refractivity (Wildman–Crippen MR) is 119 cm³/mol. The Kier molecular flexibility index (Phi) is 5.64. The van der Waals surface area contributed by atoms with Crippen LogP contribution < -0.4 is 10.6 Å². The van der Waals surface area contributed by atoms with E-state index in [0.29, 0.717) is 18.7 Å². The average molecular weight is 418 g/mol. The number of hydrogen-bond donors (Lipinski definition) is 1. The van der Waals surface area contributed by atoms with Crippen molar-refractivity contribution in [2.24, 2.45) is 12.5 Å². The standard InChI is InChI=1S/C22H35N5O3/c1-21(2,3)14-26-16-10-11-17(23-18(16)24(7)19(26)28)25-12-8-9-15(13-25)27(20(29)30)22(4,5)6/h10-11,15H,8-9,12-14H2,1-7H3,(H,29,30)/t15-/m1/s1. The lowest BCUT2D eigenvalue weighted by Crippen LogP contribution is -2.57. The van der Waals surface area contributed by atoms with Gasteiger partial charge in [0.15, 0.2) is 5.65 Å². The smallest absolute Gasteiger partial charge is 0.408 e. The van der Waals surface area contributed by atoms with E-state index in [2.05, 4.69) is 25.7 Å². The van der Waals surface area contributed by atoms with Crippen molar-refractivity contribution < 1.29 is 9.90 Å². The van der Waals surface area contributed by atoms with Gasteiger partial charge in [-0.3, -0.25) is 14.0 Å². The molecule has 1 atom stereocenters. The normalized spacial score (nSPS) is 18.1. The summed E-state index contributed by atoms with van der Waals surface area (Å²) in [6, 6.07) is 3.82. The Labute approximate surface area is 178 Å². The minimum Gasteiger partial charge on any atom is -0.465 e. The Hall–Kier alpha value is -2.51. The SMILES string of the molecule is Cn1c(=O)n(CC(C)(C)C)c2ccc(N3CCC[C@@H](N(C(=O)O)C(C)(C)C)C3)nc21. The molecule has 0 bridgehead atoms. The summed E-state index contributed by atoms with van der Waals surface area (Å²) in [5.41, 5.74) is 0.937. The Bertz CT molecular complexity index is 993. The van der Waals surface area contributed by atoms with Crippen LogP contribution in [-0.2, 0) is 13.6 Å². The van der Waals surface area contributed by atoms with E-state index in [-0.39, 0.29) is 17.1 Å². The number of hydrogen-bond acceptors (Lipinski definition) is 4. The highest BCUT2D eigenvalue weighted by Crippen LogP contribution is 2.28. The van der Waals surface area contributed by atoms with Crippen molar-refractivity contribution in [2.75, 3.05) is 18.0 Å². The maximum Gasteiger partial charge on any atom is 0.408 e. The molecule has 1 amide bonds. The summed E-state index contributed by atoms with van der Waals surface area (Å²) in [4.78, 5) is 33.2. The number of aryl methyl sites for hydroxylation is 1. The van der Waals surface area contributed by atoms with Gasteiger partial charge in [-0.25, -0.2) is 14.6 Å². The predicted octanol–water partition coefficient (Wildman–Crippen LogP) is 3.53. The van der Waals surface area contributed by atoms with E-state index in [4.69, 9.17) is 4.98 Å². The summed E-state index contributed by atoms with van der Waals surface area (Å²) in [7, 11) is 1.76. The fourth-order valence-corrected chi connectivity index (χ4v) is 4.43. The van der Waals surface area contributed by atoms with Gasteiger partial charge in [0.1, 0.15) is 5.82 Å². The number of nitrogens with zero attached hydrogens (tertiary/aromatic N) is 5. The molecule has 2 aromatic rings. The summed E-state index contributed by atoms with van der Waals surface area (Å²) in [5, 5.41) is 9.77. The molecule has 1 aliphatic heterocycles. The monoisotopic (exact) mass is 417 g/mol. The molecule has 0 aromatic carbocycles. The lowest BCUT2D eigenvalue weighted by atomic mass is 9.97. The van der Waals surface area contributed by atoms with Crippen LogP contribution in [0.2, 0.25) is 0 Å². The molecule has 1 N–H and O–H groups in total. The molecule has 1 saturated heterocycles. The Balaban J connectivity index is 1.94.